The minimum atomic E-state index is -0.312. The lowest BCUT2D eigenvalue weighted by Gasteiger charge is -2.27. The van der Waals surface area contributed by atoms with Crippen LogP contribution in [0.15, 0.2) is 77.3 Å². The maximum Gasteiger partial charge on any atom is 0.174 e. The van der Waals surface area contributed by atoms with Crippen molar-refractivity contribution in [2.45, 2.75) is 19.0 Å². The Hall–Kier alpha value is -3.55. The minimum absolute atomic E-state index is 0.241. The van der Waals surface area contributed by atoms with Gasteiger partial charge >= 0.3 is 0 Å². The molecule has 2 atom stereocenters. The fourth-order valence-corrected chi connectivity index (χ4v) is 4.91. The molecule has 6 nitrogen and oxygen atoms in total. The fraction of sp³-hybridized carbons (Fsp3) is 0.185. The highest BCUT2D eigenvalue weighted by Crippen LogP contribution is 2.46. The van der Waals surface area contributed by atoms with Crippen molar-refractivity contribution < 1.29 is 13.9 Å². The first-order valence-corrected chi connectivity index (χ1v) is 11.9. The van der Waals surface area contributed by atoms with Gasteiger partial charge in [-0.2, -0.15) is 0 Å². The van der Waals surface area contributed by atoms with Crippen molar-refractivity contribution in [3.8, 4) is 22.8 Å². The number of pyridine rings is 1. The van der Waals surface area contributed by atoms with Crippen LogP contribution in [-0.4, -0.2) is 24.3 Å². The van der Waals surface area contributed by atoms with Gasteiger partial charge in [0, 0.05) is 22.8 Å². The Labute approximate surface area is 214 Å². The second kappa shape index (κ2) is 9.60. The number of methoxy groups -OCH3 is 2. The van der Waals surface area contributed by atoms with Crippen LogP contribution >= 0.6 is 23.8 Å². The van der Waals surface area contributed by atoms with Gasteiger partial charge in [-0.1, -0.05) is 23.7 Å². The molecule has 1 N–H and O–H groups in total. The lowest BCUT2D eigenvalue weighted by atomic mass is 10.0. The SMILES string of the molecule is COc1ccc(N2C(=S)N[C@H](c3ccccn3)[C@@H]2c2ccc(-c3cc(Cl)ccc3C)o2)c(OC)c1. The molecule has 2 aromatic heterocycles. The van der Waals surface area contributed by atoms with E-state index < -0.39 is 0 Å². The number of furan rings is 1. The van der Waals surface area contributed by atoms with Crippen LogP contribution in [0.25, 0.3) is 11.3 Å². The van der Waals surface area contributed by atoms with Crippen molar-refractivity contribution in [3.63, 3.8) is 0 Å². The van der Waals surface area contributed by atoms with Gasteiger partial charge in [0.05, 0.1) is 31.6 Å². The summed E-state index contributed by atoms with van der Waals surface area (Å²) in [5.41, 5.74) is 3.67. The molecule has 0 amide bonds. The highest BCUT2D eigenvalue weighted by molar-refractivity contribution is 7.80. The van der Waals surface area contributed by atoms with Gasteiger partial charge in [0.1, 0.15) is 29.1 Å². The lowest BCUT2D eigenvalue weighted by Crippen LogP contribution is -2.29. The predicted octanol–water partition coefficient (Wildman–Crippen LogP) is 6.50. The summed E-state index contributed by atoms with van der Waals surface area (Å²) in [6, 6.07) is 20.7. The number of nitrogens with one attached hydrogen (secondary N) is 1. The number of benzene rings is 2. The van der Waals surface area contributed by atoms with Gasteiger partial charge < -0.3 is 24.1 Å². The van der Waals surface area contributed by atoms with Crippen molar-refractivity contribution in [1.29, 1.82) is 0 Å². The van der Waals surface area contributed by atoms with Crippen LogP contribution in [-0.2, 0) is 0 Å². The van der Waals surface area contributed by atoms with Gasteiger partial charge in [-0.05, 0) is 73.2 Å². The van der Waals surface area contributed by atoms with E-state index in [0.717, 1.165) is 34.0 Å². The van der Waals surface area contributed by atoms with Gasteiger partial charge in [0.25, 0.3) is 0 Å². The van der Waals surface area contributed by atoms with Crippen LogP contribution < -0.4 is 19.7 Å². The van der Waals surface area contributed by atoms with Crippen LogP contribution in [0.1, 0.15) is 29.1 Å². The molecule has 1 aliphatic heterocycles. The van der Waals surface area contributed by atoms with Crippen molar-refractivity contribution in [1.82, 2.24) is 10.3 Å². The molecule has 8 heteroatoms. The van der Waals surface area contributed by atoms with E-state index in [1.807, 2.05) is 78.6 Å². The molecule has 0 saturated carbocycles. The molecular weight excluding hydrogens is 482 g/mol. The van der Waals surface area contributed by atoms with E-state index in [0.29, 0.717) is 21.6 Å². The van der Waals surface area contributed by atoms with Crippen LogP contribution in [0.5, 0.6) is 11.5 Å². The summed E-state index contributed by atoms with van der Waals surface area (Å²) in [7, 11) is 3.25. The van der Waals surface area contributed by atoms with Gasteiger partial charge in [-0.25, -0.2) is 0 Å². The molecule has 1 aliphatic rings. The largest absolute Gasteiger partial charge is 0.497 e. The summed E-state index contributed by atoms with van der Waals surface area (Å²) in [6.45, 7) is 2.03. The van der Waals surface area contributed by atoms with E-state index in [1.54, 1.807) is 20.4 Å². The molecule has 2 aromatic carbocycles. The first-order valence-electron chi connectivity index (χ1n) is 11.1. The van der Waals surface area contributed by atoms with Gasteiger partial charge in [0.2, 0.25) is 0 Å². The summed E-state index contributed by atoms with van der Waals surface area (Å²) >= 11 is 12.1. The Morgan fingerprint density at radius 2 is 1.89 bits per heavy atom. The number of anilines is 1. The van der Waals surface area contributed by atoms with Gasteiger partial charge in [-0.15, -0.1) is 0 Å². The molecule has 0 aliphatic carbocycles. The van der Waals surface area contributed by atoms with Crippen LogP contribution in [0.3, 0.4) is 0 Å². The maximum absolute atomic E-state index is 6.47. The summed E-state index contributed by atoms with van der Waals surface area (Å²) in [4.78, 5) is 6.61. The fourth-order valence-electron chi connectivity index (χ4n) is 4.40. The number of nitrogens with zero attached hydrogens (tertiary/aromatic N) is 2. The lowest BCUT2D eigenvalue weighted by molar-refractivity contribution is 0.392. The molecule has 3 heterocycles. The number of aromatic nitrogens is 1. The third-order valence-electron chi connectivity index (χ3n) is 6.13. The number of hydrogen-bond donors (Lipinski definition) is 1. The average Bonchev–Trinajstić information content (AvgIpc) is 3.50. The maximum atomic E-state index is 6.47. The molecule has 0 radical (unpaired) electrons. The van der Waals surface area contributed by atoms with E-state index in [1.165, 1.54) is 0 Å². The third-order valence-corrected chi connectivity index (χ3v) is 6.68. The topological polar surface area (TPSA) is 59.8 Å². The zero-order valence-electron chi connectivity index (χ0n) is 19.5. The van der Waals surface area contributed by atoms with Crippen molar-refractivity contribution >= 4 is 34.6 Å². The molecule has 4 aromatic rings. The first-order chi connectivity index (χ1) is 17.0. The minimum Gasteiger partial charge on any atom is -0.497 e. The predicted molar refractivity (Wildman–Crippen MR) is 141 cm³/mol. The smallest absolute Gasteiger partial charge is 0.174 e. The Morgan fingerprint density at radius 1 is 1.03 bits per heavy atom. The Balaban J connectivity index is 1.64. The Morgan fingerprint density at radius 3 is 2.63 bits per heavy atom. The van der Waals surface area contributed by atoms with E-state index >= 15 is 0 Å². The van der Waals surface area contributed by atoms with Crippen LogP contribution in [0.2, 0.25) is 5.02 Å². The summed E-state index contributed by atoms with van der Waals surface area (Å²) in [6.07, 6.45) is 1.77. The van der Waals surface area contributed by atoms with Crippen molar-refractivity contribution in [2.75, 3.05) is 19.1 Å². The average molecular weight is 506 g/mol. The van der Waals surface area contributed by atoms with Gasteiger partial charge in [0.15, 0.2) is 5.11 Å². The summed E-state index contributed by atoms with van der Waals surface area (Å²) < 4.78 is 17.6. The molecular formula is C27H24ClN3O3S. The third kappa shape index (κ3) is 4.33. The van der Waals surface area contributed by atoms with Gasteiger partial charge in [-0.3, -0.25) is 4.98 Å². The quantitative estimate of drug-likeness (QED) is 0.300. The van der Waals surface area contributed by atoms with Crippen LogP contribution in [0, 0.1) is 6.92 Å². The standard InChI is InChI=1S/C27H24ClN3O3S/c1-16-7-8-17(28)14-19(16)22-11-12-23(34-22)26-25(20-6-4-5-13-29-20)30-27(35)31(26)21-10-9-18(32-2)15-24(21)33-3/h4-15,25-26H,1-3H3,(H,30,35)/t25-,26+/m1/s1. The molecule has 0 spiro atoms. The van der Waals surface area contributed by atoms with Crippen molar-refractivity contribution in [3.05, 3.63) is 95.0 Å². The zero-order chi connectivity index (χ0) is 24.5. The Kier molecular flexibility index (Phi) is 6.36. The zero-order valence-corrected chi connectivity index (χ0v) is 21.1. The number of aryl methyl sites for hydroxylation is 1. The molecule has 1 fully saturated rings. The Bertz CT molecular complexity index is 1380. The van der Waals surface area contributed by atoms with E-state index in [4.69, 9.17) is 37.7 Å². The number of thiocarbonyl (C=S) groups is 1. The molecule has 35 heavy (non-hydrogen) atoms. The van der Waals surface area contributed by atoms with Crippen LogP contribution in [0.4, 0.5) is 5.69 Å². The molecule has 0 bridgehead atoms. The summed E-state index contributed by atoms with van der Waals surface area (Å²) in [5, 5.41) is 4.65. The highest BCUT2D eigenvalue weighted by Gasteiger charge is 2.43. The molecule has 5 rings (SSSR count). The second-order valence-electron chi connectivity index (χ2n) is 8.20. The van der Waals surface area contributed by atoms with E-state index in [9.17, 15) is 0 Å². The normalized spacial score (nSPS) is 17.4. The second-order valence-corrected chi connectivity index (χ2v) is 9.02. The number of hydrogen-bond acceptors (Lipinski definition) is 5. The number of ether oxygens (including phenoxy) is 2. The highest BCUT2D eigenvalue weighted by atomic mass is 35.5. The monoisotopic (exact) mass is 505 g/mol. The van der Waals surface area contributed by atoms with E-state index in [2.05, 4.69) is 10.3 Å². The molecule has 1 saturated heterocycles. The number of rotatable bonds is 6. The molecule has 178 valence electrons. The molecule has 0 unspecified atom stereocenters. The summed E-state index contributed by atoms with van der Waals surface area (Å²) in [5.74, 6) is 2.80. The van der Waals surface area contributed by atoms with Crippen molar-refractivity contribution in [2.24, 2.45) is 0 Å². The number of halogens is 1. The first kappa shape index (κ1) is 23.2. The van der Waals surface area contributed by atoms with E-state index in [-0.39, 0.29) is 12.1 Å².